The molecule has 0 saturated heterocycles. The number of carbonyl (C=O) groups is 4. The fraction of sp³-hybridized carbons (Fsp3) is 0.704. The van der Waals surface area contributed by atoms with Crippen LogP contribution in [0.5, 0.6) is 0 Å². The summed E-state index contributed by atoms with van der Waals surface area (Å²) in [4.78, 5) is 44.4. The van der Waals surface area contributed by atoms with Crippen molar-refractivity contribution in [1.82, 2.24) is 0 Å². The first-order chi connectivity index (χ1) is 31.0. The van der Waals surface area contributed by atoms with E-state index in [2.05, 4.69) is 13.8 Å². The van der Waals surface area contributed by atoms with Crippen molar-refractivity contribution in [3.63, 3.8) is 0 Å². The summed E-state index contributed by atoms with van der Waals surface area (Å²) in [6.07, 6.45) is 26.7. The second-order valence-electron chi connectivity index (χ2n) is 17.5. The van der Waals surface area contributed by atoms with Gasteiger partial charge in [0.05, 0.1) is 25.4 Å². The molecule has 4 unspecified atom stereocenters. The molecule has 0 radical (unpaired) electrons. The van der Waals surface area contributed by atoms with Crippen LogP contribution in [0, 0.1) is 0 Å². The Morgan fingerprint density at radius 1 is 0.415 bits per heavy atom. The zero-order valence-electron chi connectivity index (χ0n) is 41.1. The number of hydrogen-bond donors (Lipinski definition) is 0. The van der Waals surface area contributed by atoms with Crippen molar-refractivity contribution in [2.45, 2.75) is 245 Å². The molecule has 0 N–H and O–H groups in total. The predicted octanol–water partition coefficient (Wildman–Crippen LogP) is 11.1. The molecule has 0 saturated carbocycles. The summed E-state index contributed by atoms with van der Waals surface area (Å²) >= 11 is 0. The predicted molar refractivity (Wildman–Crippen MR) is 258 cm³/mol. The molecule has 0 bridgehead atoms. The van der Waals surface area contributed by atoms with Crippen LogP contribution in [-0.4, -0.2) is 97.2 Å². The van der Waals surface area contributed by atoms with Crippen LogP contribution in [-0.2, 0) is 51.3 Å². The van der Waals surface area contributed by atoms with Crippen LogP contribution in [0.1, 0.15) is 219 Å². The van der Waals surface area contributed by atoms with Crippen LogP contribution < -0.4 is 10.2 Å². The summed E-state index contributed by atoms with van der Waals surface area (Å²) in [6, 6.07) is 20.2. The quantitative estimate of drug-likeness (QED) is 0.0358. The number of hydrogen-bond acceptors (Lipinski definition) is 10. The monoisotopic (exact) mass is 1030 g/mol. The largest absolute Gasteiger partial charge is 2.00 e. The first kappa shape index (κ1) is 62.8. The maximum atomic E-state index is 11.5. The number of benzene rings is 2. The number of aliphatic carboxylic acids is 2. The summed E-state index contributed by atoms with van der Waals surface area (Å²) in [5.41, 5.74) is 2.26. The van der Waals surface area contributed by atoms with E-state index >= 15 is 0 Å². The number of carboxylic acids is 2. The molecule has 2 aromatic rings. The van der Waals surface area contributed by atoms with Crippen LogP contribution in [0.2, 0.25) is 0 Å². The van der Waals surface area contributed by atoms with Gasteiger partial charge in [0.1, 0.15) is 12.2 Å². The Bertz CT molecular complexity index is 1320. The van der Waals surface area contributed by atoms with E-state index in [0.717, 1.165) is 101 Å². The van der Waals surface area contributed by atoms with Gasteiger partial charge in [0.15, 0.2) is 0 Å². The van der Waals surface area contributed by atoms with Gasteiger partial charge in [-0.25, -0.2) is 0 Å². The fourth-order valence-corrected chi connectivity index (χ4v) is 7.93. The molecule has 65 heavy (non-hydrogen) atoms. The minimum absolute atomic E-state index is 0. The molecule has 0 fully saturated rings. The van der Waals surface area contributed by atoms with Crippen molar-refractivity contribution in [3.05, 3.63) is 71.8 Å². The fourth-order valence-electron chi connectivity index (χ4n) is 7.93. The van der Waals surface area contributed by atoms with Gasteiger partial charge in [0.25, 0.3) is 0 Å². The Kier molecular flexibility index (Phi) is 42.8. The van der Waals surface area contributed by atoms with Gasteiger partial charge in [-0.15, -0.1) is 0 Å². The molecular weight excluding hydrogens is 946 g/mol. The number of carbonyl (C=O) groups excluding carboxylic acids is 4. The van der Waals surface area contributed by atoms with E-state index in [1.54, 1.807) is 0 Å². The summed E-state index contributed by atoms with van der Waals surface area (Å²) in [5.74, 6) is -2.41. The number of ether oxygens (including phenoxy) is 4. The molecule has 0 amide bonds. The standard InChI is InChI=1S/2C27H44O5.Ba/c2*1-3-4-5-6-7-11-18-26(32-23(2)28)20-14-19-25(17-12-13-21-27(29)30)31-22-24-15-9-8-10-16-24;/h2*8-10,15-16,25-26H,3-7,11-14,17-22H2,1-2H3,(H,29,30);/q;;+2/p-2. The van der Waals surface area contributed by atoms with Crippen molar-refractivity contribution in [1.29, 1.82) is 0 Å². The minimum atomic E-state index is -0.995. The maximum absolute atomic E-state index is 11.5. The molecule has 0 aliphatic rings. The third-order valence-electron chi connectivity index (χ3n) is 11.5. The molecule has 0 aromatic heterocycles. The van der Waals surface area contributed by atoms with Crippen molar-refractivity contribution in [3.8, 4) is 0 Å². The van der Waals surface area contributed by atoms with Gasteiger partial charge in [0.2, 0.25) is 0 Å². The van der Waals surface area contributed by atoms with Crippen molar-refractivity contribution >= 4 is 72.8 Å². The molecule has 2 rings (SSSR count). The molecule has 2 aromatic carbocycles. The Morgan fingerprint density at radius 2 is 0.708 bits per heavy atom. The molecule has 4 atom stereocenters. The number of esters is 2. The zero-order valence-corrected chi connectivity index (χ0v) is 45.5. The van der Waals surface area contributed by atoms with Crippen molar-refractivity contribution in [2.24, 2.45) is 0 Å². The summed E-state index contributed by atoms with van der Waals surface area (Å²) in [5, 5.41) is 21.3. The second kappa shape index (κ2) is 44.3. The van der Waals surface area contributed by atoms with Crippen molar-refractivity contribution < 1.29 is 48.3 Å². The Hall–Kier alpha value is -2.19. The van der Waals surface area contributed by atoms with Crippen LogP contribution in [0.3, 0.4) is 0 Å². The van der Waals surface area contributed by atoms with E-state index < -0.39 is 11.9 Å². The number of carboxylic acid groups (broad SMARTS) is 2. The molecular formula is C54H86BaO10. The van der Waals surface area contributed by atoms with Gasteiger partial charge >= 0.3 is 60.8 Å². The molecule has 11 heteroatoms. The molecule has 0 aliphatic heterocycles. The summed E-state index contributed by atoms with van der Waals surface area (Å²) < 4.78 is 23.5. The molecule has 0 heterocycles. The van der Waals surface area contributed by atoms with E-state index in [1.807, 2.05) is 60.7 Å². The molecule has 10 nitrogen and oxygen atoms in total. The first-order valence-corrected chi connectivity index (χ1v) is 25.1. The number of rotatable bonds is 40. The zero-order chi connectivity index (χ0) is 46.9. The molecule has 0 spiro atoms. The molecule has 364 valence electrons. The third kappa shape index (κ3) is 40.6. The minimum Gasteiger partial charge on any atom is -0.550 e. The van der Waals surface area contributed by atoms with Gasteiger partial charge in [-0.1, -0.05) is 152 Å². The van der Waals surface area contributed by atoms with E-state index in [-0.39, 0.29) is 98.1 Å². The van der Waals surface area contributed by atoms with Crippen LogP contribution in [0.4, 0.5) is 0 Å². The Labute approximate surface area is 434 Å². The summed E-state index contributed by atoms with van der Waals surface area (Å²) in [6.45, 7) is 8.51. The van der Waals surface area contributed by atoms with E-state index in [9.17, 15) is 29.4 Å². The average molecular weight is 1030 g/mol. The normalized spacial score (nSPS) is 12.7. The second-order valence-corrected chi connectivity index (χ2v) is 17.5. The third-order valence-corrected chi connectivity index (χ3v) is 11.5. The van der Waals surface area contributed by atoms with Gasteiger partial charge < -0.3 is 38.7 Å². The van der Waals surface area contributed by atoms with E-state index in [4.69, 9.17) is 18.9 Å². The van der Waals surface area contributed by atoms with Gasteiger partial charge in [-0.05, 0) is 114 Å². The first-order valence-electron chi connectivity index (χ1n) is 25.1. The molecule has 0 aliphatic carbocycles. The van der Waals surface area contributed by atoms with Crippen LogP contribution >= 0.6 is 0 Å². The van der Waals surface area contributed by atoms with Gasteiger partial charge in [0, 0.05) is 25.8 Å². The number of unbranched alkanes of at least 4 members (excludes halogenated alkanes) is 12. The van der Waals surface area contributed by atoms with E-state index in [0.29, 0.717) is 26.1 Å². The smallest absolute Gasteiger partial charge is 0.550 e. The van der Waals surface area contributed by atoms with Crippen LogP contribution in [0.15, 0.2) is 60.7 Å². The average Bonchev–Trinajstić information content (AvgIpc) is 3.27. The SMILES string of the molecule is CCCCCCCCC(CCCC(CCCCC(=O)[O-])OCc1ccccc1)OC(C)=O.CCCCCCCCC(CCCC(CCCCC(=O)[O-])OCc1ccccc1)OC(C)=O.[Ba+2]. The maximum Gasteiger partial charge on any atom is 2.00 e. The van der Waals surface area contributed by atoms with E-state index in [1.165, 1.54) is 78.1 Å². The van der Waals surface area contributed by atoms with Gasteiger partial charge in [-0.3, -0.25) is 9.59 Å². The van der Waals surface area contributed by atoms with Crippen LogP contribution in [0.25, 0.3) is 0 Å². The van der Waals surface area contributed by atoms with Crippen molar-refractivity contribution in [2.75, 3.05) is 0 Å². The topological polar surface area (TPSA) is 151 Å². The summed E-state index contributed by atoms with van der Waals surface area (Å²) in [7, 11) is 0. The van der Waals surface area contributed by atoms with Gasteiger partial charge in [-0.2, -0.15) is 0 Å². The Morgan fingerprint density at radius 3 is 1.05 bits per heavy atom. The Balaban J connectivity index is 0.00000124.